The number of amides is 1. The van der Waals surface area contributed by atoms with E-state index in [0.717, 1.165) is 62.0 Å². The van der Waals surface area contributed by atoms with Gasteiger partial charge in [-0.15, -0.1) is 0 Å². The quantitative estimate of drug-likeness (QED) is 0.225. The number of benzene rings is 2. The average Bonchev–Trinajstić information content (AvgIpc) is 2.96. The van der Waals surface area contributed by atoms with Crippen LogP contribution in [0.4, 0.5) is 4.39 Å². The molecule has 0 atom stereocenters. The predicted octanol–water partition coefficient (Wildman–Crippen LogP) is 7.77. The number of hydrogen-bond donors (Lipinski definition) is 0. The lowest BCUT2D eigenvalue weighted by Crippen LogP contribution is -2.47. The van der Waals surface area contributed by atoms with Gasteiger partial charge in [-0.25, -0.2) is 4.39 Å². The van der Waals surface area contributed by atoms with Gasteiger partial charge in [-0.1, -0.05) is 76.1 Å². The molecule has 1 aliphatic rings. The summed E-state index contributed by atoms with van der Waals surface area (Å²) in [5.41, 5.74) is 4.61. The average molecular weight is 530 g/mol. The molecule has 4 rings (SSSR count). The number of rotatable bonds is 12. The molecule has 208 valence electrons. The summed E-state index contributed by atoms with van der Waals surface area (Å²) in [5, 5.41) is 0. The third-order valence-corrected chi connectivity index (χ3v) is 7.86. The van der Waals surface area contributed by atoms with Gasteiger partial charge in [0.15, 0.2) is 0 Å². The van der Waals surface area contributed by atoms with E-state index in [-0.39, 0.29) is 17.8 Å². The van der Waals surface area contributed by atoms with Gasteiger partial charge >= 0.3 is 0 Å². The van der Waals surface area contributed by atoms with Gasteiger partial charge in [0.25, 0.3) is 5.91 Å². The van der Waals surface area contributed by atoms with Crippen molar-refractivity contribution < 1.29 is 9.18 Å². The summed E-state index contributed by atoms with van der Waals surface area (Å²) < 4.78 is 13.7. The molecule has 0 bridgehead atoms. The Bertz CT molecular complexity index is 1170. The molecule has 1 saturated heterocycles. The Morgan fingerprint density at radius 3 is 2.38 bits per heavy atom. The molecule has 0 N–H and O–H groups in total. The normalized spacial score (nSPS) is 14.6. The van der Waals surface area contributed by atoms with Crippen LogP contribution < -0.4 is 0 Å². The molecular weight excluding hydrogens is 485 g/mol. The van der Waals surface area contributed by atoms with Crippen LogP contribution in [0.25, 0.3) is 11.1 Å². The highest BCUT2D eigenvalue weighted by molar-refractivity contribution is 5.92. The van der Waals surface area contributed by atoms with Crippen molar-refractivity contribution in [2.75, 3.05) is 19.6 Å². The van der Waals surface area contributed by atoms with Gasteiger partial charge in [0, 0.05) is 31.9 Å². The van der Waals surface area contributed by atoms with E-state index >= 15 is 0 Å². The highest BCUT2D eigenvalue weighted by Gasteiger charge is 2.29. The second-order valence-corrected chi connectivity index (χ2v) is 11.4. The first kappa shape index (κ1) is 28.9. The molecule has 4 nitrogen and oxygen atoms in total. The zero-order valence-electron chi connectivity index (χ0n) is 23.9. The topological polar surface area (TPSA) is 36.4 Å². The molecule has 0 spiro atoms. The van der Waals surface area contributed by atoms with E-state index in [9.17, 15) is 9.18 Å². The maximum absolute atomic E-state index is 13.9. The summed E-state index contributed by atoms with van der Waals surface area (Å²) in [6.45, 7) is 10.5. The number of pyridine rings is 1. The number of aromatic nitrogens is 1. The van der Waals surface area contributed by atoms with Gasteiger partial charge in [-0.2, -0.15) is 0 Å². The number of carbonyl (C=O) groups is 1. The molecule has 2 heterocycles. The van der Waals surface area contributed by atoms with Crippen LogP contribution in [0.5, 0.6) is 0 Å². The van der Waals surface area contributed by atoms with Gasteiger partial charge in [-0.3, -0.25) is 9.78 Å². The number of hydrogen-bond acceptors (Lipinski definition) is 3. The van der Waals surface area contributed by atoms with E-state index in [1.807, 2.05) is 35.4 Å². The Hall–Kier alpha value is -3.05. The Kier molecular flexibility index (Phi) is 10.7. The standard InChI is InChI=1S/C34H44FN3O/c1-4-5-6-8-27-13-16-33(36-24-27)34(39)38(32-18-21-37(22-19-32)20-17-26(2)3)25-28-11-14-29(15-12-28)30-9-7-10-31(35)23-30/h7,9-16,23-24,26,32H,4-6,8,17-22,25H2,1-3H3. The molecule has 2 aromatic carbocycles. The number of likely N-dealkylation sites (tertiary alicyclic amines) is 1. The minimum Gasteiger partial charge on any atom is -0.330 e. The van der Waals surface area contributed by atoms with Crippen LogP contribution >= 0.6 is 0 Å². The lowest BCUT2D eigenvalue weighted by atomic mass is 9.99. The summed E-state index contributed by atoms with van der Waals surface area (Å²) >= 11 is 0. The molecule has 1 amide bonds. The van der Waals surface area contributed by atoms with Crippen LogP contribution in [0.3, 0.4) is 0 Å². The van der Waals surface area contributed by atoms with Crippen molar-refractivity contribution in [2.24, 2.45) is 5.92 Å². The largest absolute Gasteiger partial charge is 0.330 e. The van der Waals surface area contributed by atoms with E-state index in [1.165, 1.54) is 30.9 Å². The first-order valence-corrected chi connectivity index (χ1v) is 14.8. The van der Waals surface area contributed by atoms with Gasteiger partial charge in [0.1, 0.15) is 11.5 Å². The number of unbranched alkanes of at least 4 members (excludes halogenated alkanes) is 2. The zero-order chi connectivity index (χ0) is 27.6. The lowest BCUT2D eigenvalue weighted by Gasteiger charge is -2.38. The highest BCUT2D eigenvalue weighted by atomic mass is 19.1. The van der Waals surface area contributed by atoms with Crippen LogP contribution in [0.1, 0.15) is 80.9 Å². The number of piperidine rings is 1. The summed E-state index contributed by atoms with van der Waals surface area (Å²) in [5.74, 6) is 0.467. The van der Waals surface area contributed by atoms with Crippen LogP contribution in [0.2, 0.25) is 0 Å². The van der Waals surface area contributed by atoms with Crippen LogP contribution in [-0.4, -0.2) is 46.4 Å². The van der Waals surface area contributed by atoms with Crippen molar-refractivity contribution in [1.82, 2.24) is 14.8 Å². The Balaban J connectivity index is 1.49. The van der Waals surface area contributed by atoms with Crippen LogP contribution in [0.15, 0.2) is 66.9 Å². The fourth-order valence-electron chi connectivity index (χ4n) is 5.35. The molecule has 5 heteroatoms. The van der Waals surface area contributed by atoms with E-state index in [2.05, 4.69) is 48.9 Å². The molecule has 0 unspecified atom stereocenters. The van der Waals surface area contributed by atoms with Crippen LogP contribution in [-0.2, 0) is 13.0 Å². The van der Waals surface area contributed by atoms with Crippen molar-refractivity contribution in [3.63, 3.8) is 0 Å². The summed E-state index contributed by atoms with van der Waals surface area (Å²) in [6.07, 6.45) is 9.59. The van der Waals surface area contributed by atoms with Crippen LogP contribution in [0, 0.1) is 11.7 Å². The number of halogens is 1. The van der Waals surface area contributed by atoms with Gasteiger partial charge in [0.2, 0.25) is 0 Å². The van der Waals surface area contributed by atoms with Crippen molar-refractivity contribution in [2.45, 2.75) is 78.3 Å². The fourth-order valence-corrected chi connectivity index (χ4v) is 5.35. The molecule has 0 saturated carbocycles. The molecule has 0 aliphatic carbocycles. The molecule has 3 aromatic rings. The van der Waals surface area contributed by atoms with E-state index < -0.39 is 0 Å². The molecule has 39 heavy (non-hydrogen) atoms. The van der Waals surface area contributed by atoms with Crippen molar-refractivity contribution in [3.8, 4) is 11.1 Å². The van der Waals surface area contributed by atoms with Gasteiger partial charge < -0.3 is 9.80 Å². The zero-order valence-corrected chi connectivity index (χ0v) is 23.9. The summed E-state index contributed by atoms with van der Waals surface area (Å²) in [6, 6.07) is 19.0. The minimum absolute atomic E-state index is 0.00458. The van der Waals surface area contributed by atoms with E-state index in [1.54, 1.807) is 12.1 Å². The fraction of sp³-hybridized carbons (Fsp3) is 0.471. The SMILES string of the molecule is CCCCCc1ccc(C(=O)N(Cc2ccc(-c3cccc(F)c3)cc2)C2CCN(CCC(C)C)CC2)nc1. The Morgan fingerprint density at radius 2 is 1.74 bits per heavy atom. The third kappa shape index (κ3) is 8.47. The molecule has 0 radical (unpaired) electrons. The first-order valence-electron chi connectivity index (χ1n) is 14.8. The van der Waals surface area contributed by atoms with Crippen molar-refractivity contribution >= 4 is 5.91 Å². The molecule has 1 aliphatic heterocycles. The number of carbonyl (C=O) groups excluding carboxylic acids is 1. The third-order valence-electron chi connectivity index (χ3n) is 7.86. The summed E-state index contributed by atoms with van der Waals surface area (Å²) in [4.78, 5) is 23.0. The monoisotopic (exact) mass is 529 g/mol. The molecular formula is C34H44FN3O. The van der Waals surface area contributed by atoms with Crippen molar-refractivity contribution in [3.05, 3.63) is 89.5 Å². The van der Waals surface area contributed by atoms with E-state index in [4.69, 9.17) is 0 Å². The summed E-state index contributed by atoms with van der Waals surface area (Å²) in [7, 11) is 0. The molecule has 1 aromatic heterocycles. The van der Waals surface area contributed by atoms with Gasteiger partial charge in [-0.05, 0) is 85.0 Å². The Labute approximate surface area is 234 Å². The number of nitrogens with zero attached hydrogens (tertiary/aromatic N) is 3. The lowest BCUT2D eigenvalue weighted by molar-refractivity contribution is 0.0540. The number of aryl methyl sites for hydroxylation is 1. The smallest absolute Gasteiger partial charge is 0.272 e. The highest BCUT2D eigenvalue weighted by Crippen LogP contribution is 2.25. The second-order valence-electron chi connectivity index (χ2n) is 11.4. The van der Waals surface area contributed by atoms with Gasteiger partial charge in [0.05, 0.1) is 0 Å². The maximum atomic E-state index is 13.9. The minimum atomic E-state index is -0.239. The van der Waals surface area contributed by atoms with Crippen molar-refractivity contribution in [1.29, 1.82) is 0 Å². The first-order chi connectivity index (χ1) is 18.9. The maximum Gasteiger partial charge on any atom is 0.272 e. The second kappa shape index (κ2) is 14.4. The molecule has 1 fully saturated rings. The predicted molar refractivity (Wildman–Crippen MR) is 158 cm³/mol. The Morgan fingerprint density at radius 1 is 1.00 bits per heavy atom. The van der Waals surface area contributed by atoms with E-state index in [0.29, 0.717) is 18.2 Å².